The van der Waals surface area contributed by atoms with Crippen LogP contribution in [0.3, 0.4) is 0 Å². The van der Waals surface area contributed by atoms with Gasteiger partial charge >= 0.3 is 6.03 Å². The maximum atomic E-state index is 12.4. The van der Waals surface area contributed by atoms with Crippen LogP contribution in [0, 0.1) is 12.8 Å². The molecule has 1 aromatic carbocycles. The van der Waals surface area contributed by atoms with E-state index in [0.717, 1.165) is 42.9 Å². The molecule has 2 heterocycles. The van der Waals surface area contributed by atoms with Gasteiger partial charge in [-0.1, -0.05) is 13.0 Å². The van der Waals surface area contributed by atoms with Crippen LogP contribution >= 0.6 is 0 Å². The maximum absolute atomic E-state index is 12.4. The molecule has 2 amide bonds. The third-order valence-electron chi connectivity index (χ3n) is 4.15. The smallest absolute Gasteiger partial charge is 0.321 e. The lowest BCUT2D eigenvalue weighted by atomic mass is 10.00. The number of benzene rings is 1. The van der Waals surface area contributed by atoms with Crippen molar-refractivity contribution >= 4 is 11.7 Å². The second-order valence-electron chi connectivity index (χ2n) is 5.85. The number of hydrogen-bond acceptors (Lipinski definition) is 4. The fourth-order valence-corrected chi connectivity index (χ4v) is 2.57. The van der Waals surface area contributed by atoms with E-state index in [1.165, 1.54) is 6.33 Å². The molecule has 0 aliphatic carbocycles. The van der Waals surface area contributed by atoms with Crippen molar-refractivity contribution in [1.29, 1.82) is 0 Å². The summed E-state index contributed by atoms with van der Waals surface area (Å²) in [7, 11) is 0. The lowest BCUT2D eigenvalue weighted by Gasteiger charge is -2.30. The number of anilines is 1. The average Bonchev–Trinajstić information content (AvgIpc) is 3.04. The minimum Gasteiger partial charge on any atom is -0.325 e. The van der Waals surface area contributed by atoms with Gasteiger partial charge < -0.3 is 10.2 Å². The van der Waals surface area contributed by atoms with Gasteiger partial charge in [-0.2, -0.15) is 0 Å². The molecule has 0 atom stereocenters. The standard InChI is InChI=1S/C15H20N6O/c1-11-5-7-20(8-6-11)15(22)17-14-9-13(4-3-12(14)2)21-10-16-18-19-21/h3-4,9-11H,5-8H2,1-2H3,(H,17,22). The van der Waals surface area contributed by atoms with E-state index in [4.69, 9.17) is 0 Å². The number of piperidine rings is 1. The highest BCUT2D eigenvalue weighted by Gasteiger charge is 2.20. The Kier molecular flexibility index (Phi) is 4.04. The monoisotopic (exact) mass is 300 g/mol. The molecule has 1 saturated heterocycles. The van der Waals surface area contributed by atoms with E-state index in [2.05, 4.69) is 27.8 Å². The summed E-state index contributed by atoms with van der Waals surface area (Å²) < 4.78 is 1.57. The van der Waals surface area contributed by atoms with Gasteiger partial charge in [-0.3, -0.25) is 0 Å². The molecule has 2 aromatic rings. The van der Waals surface area contributed by atoms with Crippen molar-refractivity contribution < 1.29 is 4.79 Å². The van der Waals surface area contributed by atoms with Gasteiger partial charge in [0.25, 0.3) is 0 Å². The van der Waals surface area contributed by atoms with E-state index >= 15 is 0 Å². The first kappa shape index (κ1) is 14.5. The highest BCUT2D eigenvalue weighted by Crippen LogP contribution is 2.21. The third-order valence-corrected chi connectivity index (χ3v) is 4.15. The first-order chi connectivity index (χ1) is 10.6. The van der Waals surface area contributed by atoms with Gasteiger partial charge in [0.05, 0.1) is 5.69 Å². The number of carbonyl (C=O) groups is 1. The highest BCUT2D eigenvalue weighted by molar-refractivity contribution is 5.90. The van der Waals surface area contributed by atoms with Crippen LogP contribution < -0.4 is 5.32 Å². The van der Waals surface area contributed by atoms with Crippen molar-refractivity contribution in [1.82, 2.24) is 25.1 Å². The molecule has 1 N–H and O–H groups in total. The van der Waals surface area contributed by atoms with E-state index in [0.29, 0.717) is 5.92 Å². The highest BCUT2D eigenvalue weighted by atomic mass is 16.2. The minimum atomic E-state index is -0.0381. The maximum Gasteiger partial charge on any atom is 0.321 e. The first-order valence-corrected chi connectivity index (χ1v) is 7.53. The summed E-state index contributed by atoms with van der Waals surface area (Å²) in [5.74, 6) is 0.703. The quantitative estimate of drug-likeness (QED) is 0.922. The molecule has 22 heavy (non-hydrogen) atoms. The molecular weight excluding hydrogens is 280 g/mol. The molecule has 1 aliphatic heterocycles. The number of hydrogen-bond donors (Lipinski definition) is 1. The van der Waals surface area contributed by atoms with Gasteiger partial charge in [-0.05, 0) is 53.8 Å². The van der Waals surface area contributed by atoms with Crippen molar-refractivity contribution in [2.45, 2.75) is 26.7 Å². The molecule has 1 fully saturated rings. The van der Waals surface area contributed by atoms with E-state index in [1.807, 2.05) is 30.0 Å². The van der Waals surface area contributed by atoms with Gasteiger partial charge in [0.15, 0.2) is 0 Å². The largest absolute Gasteiger partial charge is 0.325 e. The van der Waals surface area contributed by atoms with Crippen molar-refractivity contribution in [3.05, 3.63) is 30.1 Å². The van der Waals surface area contributed by atoms with Crippen molar-refractivity contribution in [2.75, 3.05) is 18.4 Å². The number of tetrazole rings is 1. The number of urea groups is 1. The minimum absolute atomic E-state index is 0.0381. The second-order valence-corrected chi connectivity index (χ2v) is 5.85. The Bertz CT molecular complexity index is 646. The molecule has 1 aliphatic rings. The molecule has 7 heteroatoms. The zero-order chi connectivity index (χ0) is 15.5. The zero-order valence-electron chi connectivity index (χ0n) is 12.9. The van der Waals surface area contributed by atoms with Crippen LogP contribution in [0.4, 0.5) is 10.5 Å². The molecule has 0 bridgehead atoms. The number of rotatable bonds is 2. The molecule has 0 unspecified atom stereocenters. The van der Waals surface area contributed by atoms with Crippen molar-refractivity contribution in [2.24, 2.45) is 5.92 Å². The van der Waals surface area contributed by atoms with Gasteiger partial charge in [0, 0.05) is 18.8 Å². The predicted octanol–water partition coefficient (Wildman–Crippen LogP) is 2.23. The third kappa shape index (κ3) is 3.08. The molecule has 3 rings (SSSR count). The van der Waals surface area contributed by atoms with Crippen LogP contribution in [-0.2, 0) is 0 Å². The summed E-state index contributed by atoms with van der Waals surface area (Å²) in [6.45, 7) is 5.84. The van der Waals surface area contributed by atoms with Crippen LogP contribution in [0.1, 0.15) is 25.3 Å². The van der Waals surface area contributed by atoms with Crippen LogP contribution in [-0.4, -0.2) is 44.2 Å². The number of amides is 2. The molecule has 116 valence electrons. The molecule has 7 nitrogen and oxygen atoms in total. The predicted molar refractivity (Wildman–Crippen MR) is 82.9 cm³/mol. The van der Waals surface area contributed by atoms with E-state index in [-0.39, 0.29) is 6.03 Å². The Morgan fingerprint density at radius 1 is 1.32 bits per heavy atom. The second kappa shape index (κ2) is 6.13. The summed E-state index contributed by atoms with van der Waals surface area (Å²) in [4.78, 5) is 14.3. The van der Waals surface area contributed by atoms with Crippen LogP contribution in [0.15, 0.2) is 24.5 Å². The van der Waals surface area contributed by atoms with Gasteiger partial charge in [-0.15, -0.1) is 5.10 Å². The van der Waals surface area contributed by atoms with E-state index < -0.39 is 0 Å². The van der Waals surface area contributed by atoms with Crippen LogP contribution in [0.2, 0.25) is 0 Å². The summed E-state index contributed by atoms with van der Waals surface area (Å²) in [5, 5.41) is 14.1. The zero-order valence-corrected chi connectivity index (χ0v) is 12.9. The lowest BCUT2D eigenvalue weighted by Crippen LogP contribution is -2.40. The fraction of sp³-hybridized carbons (Fsp3) is 0.467. The topological polar surface area (TPSA) is 75.9 Å². The fourth-order valence-electron chi connectivity index (χ4n) is 2.57. The van der Waals surface area contributed by atoms with Gasteiger partial charge in [0.1, 0.15) is 6.33 Å². The molecule has 0 radical (unpaired) electrons. The Morgan fingerprint density at radius 2 is 2.09 bits per heavy atom. The van der Waals surface area contributed by atoms with Crippen molar-refractivity contribution in [3.8, 4) is 5.69 Å². The SMILES string of the molecule is Cc1ccc(-n2cnnn2)cc1NC(=O)N1CCC(C)CC1. The summed E-state index contributed by atoms with van der Waals surface area (Å²) in [6.07, 6.45) is 3.66. The van der Waals surface area contributed by atoms with Crippen LogP contribution in [0.25, 0.3) is 5.69 Å². The number of likely N-dealkylation sites (tertiary alicyclic amines) is 1. The number of aryl methyl sites for hydroxylation is 1. The normalized spacial score (nSPS) is 15.8. The average molecular weight is 300 g/mol. The number of aromatic nitrogens is 4. The number of carbonyl (C=O) groups excluding carboxylic acids is 1. The van der Waals surface area contributed by atoms with Crippen LogP contribution in [0.5, 0.6) is 0 Å². The Balaban J connectivity index is 1.74. The Labute approximate surface area is 129 Å². The Hall–Kier alpha value is -2.44. The summed E-state index contributed by atoms with van der Waals surface area (Å²) in [6, 6.07) is 5.72. The number of nitrogens with zero attached hydrogens (tertiary/aromatic N) is 5. The van der Waals surface area contributed by atoms with Crippen molar-refractivity contribution in [3.63, 3.8) is 0 Å². The Morgan fingerprint density at radius 3 is 2.77 bits per heavy atom. The molecule has 1 aromatic heterocycles. The van der Waals surface area contributed by atoms with Gasteiger partial charge in [-0.25, -0.2) is 9.48 Å². The summed E-state index contributed by atoms with van der Waals surface area (Å²) >= 11 is 0. The number of nitrogens with one attached hydrogen (secondary N) is 1. The summed E-state index contributed by atoms with van der Waals surface area (Å²) in [5.41, 5.74) is 2.62. The first-order valence-electron chi connectivity index (χ1n) is 7.53. The molecule has 0 saturated carbocycles. The molecule has 0 spiro atoms. The van der Waals surface area contributed by atoms with E-state index in [9.17, 15) is 4.79 Å². The molecular formula is C15H20N6O. The lowest BCUT2D eigenvalue weighted by molar-refractivity contribution is 0.186. The van der Waals surface area contributed by atoms with E-state index in [1.54, 1.807) is 4.68 Å². The van der Waals surface area contributed by atoms with Gasteiger partial charge in [0.2, 0.25) is 0 Å².